The Morgan fingerprint density at radius 2 is 2.25 bits per heavy atom. The van der Waals surface area contributed by atoms with Crippen molar-refractivity contribution in [3.63, 3.8) is 0 Å². The van der Waals surface area contributed by atoms with Gasteiger partial charge < -0.3 is 9.64 Å². The van der Waals surface area contributed by atoms with Gasteiger partial charge in [-0.25, -0.2) is 4.39 Å². The molecule has 0 spiro atoms. The van der Waals surface area contributed by atoms with Gasteiger partial charge in [0.25, 0.3) is 5.91 Å². The molecule has 0 aliphatic heterocycles. The van der Waals surface area contributed by atoms with Gasteiger partial charge in [0.05, 0.1) is 11.0 Å². The van der Waals surface area contributed by atoms with E-state index in [4.69, 9.17) is 4.74 Å². The van der Waals surface area contributed by atoms with Gasteiger partial charge in [-0.15, -0.1) is 11.3 Å². The molecular formula is C14H13BrFNO2S. The summed E-state index contributed by atoms with van der Waals surface area (Å²) >= 11 is 4.80. The van der Waals surface area contributed by atoms with Crippen molar-refractivity contribution in [2.75, 3.05) is 13.7 Å². The minimum absolute atomic E-state index is 0.0773. The summed E-state index contributed by atoms with van der Waals surface area (Å²) in [5, 5.41) is 1.97. The molecule has 6 heteroatoms. The molecule has 0 N–H and O–H groups in total. The first-order valence-electron chi connectivity index (χ1n) is 5.90. The first-order valence-corrected chi connectivity index (χ1v) is 7.57. The molecule has 20 heavy (non-hydrogen) atoms. The molecule has 0 atom stereocenters. The molecule has 0 aliphatic carbocycles. The fraction of sp³-hybridized carbons (Fsp3) is 0.214. The summed E-state index contributed by atoms with van der Waals surface area (Å²) in [5.74, 6) is -0.0377. The molecular weight excluding hydrogens is 345 g/mol. The highest BCUT2D eigenvalue weighted by Gasteiger charge is 2.12. The SMILES string of the molecule is CN(Cc1cccs1)C(=O)COc1ccc(F)cc1Br. The number of carbonyl (C=O) groups is 1. The third-order valence-corrected chi connectivity index (χ3v) is 4.12. The number of thiophene rings is 1. The van der Waals surface area contributed by atoms with Crippen LogP contribution in [0.25, 0.3) is 0 Å². The summed E-state index contributed by atoms with van der Waals surface area (Å²) in [7, 11) is 1.73. The minimum Gasteiger partial charge on any atom is -0.483 e. The molecule has 3 nitrogen and oxygen atoms in total. The summed E-state index contributed by atoms with van der Waals surface area (Å²) < 4.78 is 18.8. The van der Waals surface area contributed by atoms with Crippen molar-refractivity contribution in [1.29, 1.82) is 0 Å². The fourth-order valence-corrected chi connectivity index (χ4v) is 2.79. The number of nitrogens with zero attached hydrogens (tertiary/aromatic N) is 1. The molecule has 0 aliphatic rings. The van der Waals surface area contributed by atoms with Crippen LogP contribution in [0.3, 0.4) is 0 Å². The predicted octanol–water partition coefficient (Wildman–Crippen LogP) is 3.69. The molecule has 0 radical (unpaired) electrons. The highest BCUT2D eigenvalue weighted by atomic mass is 79.9. The monoisotopic (exact) mass is 357 g/mol. The van der Waals surface area contributed by atoms with Crippen molar-refractivity contribution in [2.24, 2.45) is 0 Å². The maximum absolute atomic E-state index is 12.9. The van der Waals surface area contributed by atoms with Crippen LogP contribution in [0.1, 0.15) is 4.88 Å². The van der Waals surface area contributed by atoms with Gasteiger partial charge in [0, 0.05) is 11.9 Å². The molecule has 0 saturated heterocycles. The van der Waals surface area contributed by atoms with Crippen molar-refractivity contribution < 1.29 is 13.9 Å². The van der Waals surface area contributed by atoms with Crippen molar-refractivity contribution in [3.05, 3.63) is 50.9 Å². The lowest BCUT2D eigenvalue weighted by Crippen LogP contribution is -2.30. The molecule has 0 saturated carbocycles. The van der Waals surface area contributed by atoms with Gasteiger partial charge in [-0.05, 0) is 45.6 Å². The largest absolute Gasteiger partial charge is 0.483 e. The van der Waals surface area contributed by atoms with Crippen molar-refractivity contribution in [2.45, 2.75) is 6.54 Å². The highest BCUT2D eigenvalue weighted by molar-refractivity contribution is 9.10. The minimum atomic E-state index is -0.356. The Morgan fingerprint density at radius 1 is 1.45 bits per heavy atom. The van der Waals surface area contributed by atoms with E-state index in [2.05, 4.69) is 15.9 Å². The van der Waals surface area contributed by atoms with Crippen LogP contribution in [-0.4, -0.2) is 24.5 Å². The van der Waals surface area contributed by atoms with Gasteiger partial charge >= 0.3 is 0 Å². The van der Waals surface area contributed by atoms with Crippen LogP contribution in [0, 0.1) is 5.82 Å². The van der Waals surface area contributed by atoms with Gasteiger partial charge in [0.2, 0.25) is 0 Å². The maximum Gasteiger partial charge on any atom is 0.260 e. The molecule has 1 amide bonds. The first kappa shape index (κ1) is 15.0. The van der Waals surface area contributed by atoms with E-state index in [0.29, 0.717) is 16.8 Å². The lowest BCUT2D eigenvalue weighted by molar-refractivity contribution is -0.132. The van der Waals surface area contributed by atoms with Gasteiger partial charge in [0.15, 0.2) is 6.61 Å². The molecule has 0 bridgehead atoms. The zero-order chi connectivity index (χ0) is 14.5. The van der Waals surface area contributed by atoms with E-state index < -0.39 is 0 Å². The van der Waals surface area contributed by atoms with Crippen LogP contribution in [0.4, 0.5) is 4.39 Å². The first-order chi connectivity index (χ1) is 9.56. The summed E-state index contributed by atoms with van der Waals surface area (Å²) in [4.78, 5) is 14.7. The van der Waals surface area contributed by atoms with Crippen LogP contribution in [-0.2, 0) is 11.3 Å². The molecule has 1 heterocycles. The summed E-state index contributed by atoms with van der Waals surface area (Å²) in [6, 6.07) is 8.01. The molecule has 1 aromatic heterocycles. The highest BCUT2D eigenvalue weighted by Crippen LogP contribution is 2.25. The van der Waals surface area contributed by atoms with Crippen molar-refractivity contribution >= 4 is 33.2 Å². The van der Waals surface area contributed by atoms with Gasteiger partial charge in [-0.3, -0.25) is 4.79 Å². The van der Waals surface area contributed by atoms with Crippen LogP contribution in [0.5, 0.6) is 5.75 Å². The summed E-state index contributed by atoms with van der Waals surface area (Å²) in [5.41, 5.74) is 0. The molecule has 0 unspecified atom stereocenters. The van der Waals surface area contributed by atoms with Crippen LogP contribution < -0.4 is 4.74 Å². The van der Waals surface area contributed by atoms with Crippen LogP contribution in [0.2, 0.25) is 0 Å². The lowest BCUT2D eigenvalue weighted by Gasteiger charge is -2.17. The second kappa shape index (κ2) is 6.85. The van der Waals surface area contributed by atoms with Crippen molar-refractivity contribution in [1.82, 2.24) is 4.90 Å². The Labute approximate surface area is 129 Å². The molecule has 0 fully saturated rings. The third kappa shape index (κ3) is 4.05. The number of amides is 1. The Hall–Kier alpha value is -1.40. The fourth-order valence-electron chi connectivity index (χ4n) is 1.57. The zero-order valence-electron chi connectivity index (χ0n) is 10.8. The van der Waals surface area contributed by atoms with E-state index >= 15 is 0 Å². The average Bonchev–Trinajstić information content (AvgIpc) is 2.90. The number of benzene rings is 1. The Kier molecular flexibility index (Phi) is 5.14. The average molecular weight is 358 g/mol. The number of rotatable bonds is 5. The van der Waals surface area contributed by atoms with Gasteiger partial charge in [-0.2, -0.15) is 0 Å². The van der Waals surface area contributed by atoms with E-state index in [-0.39, 0.29) is 18.3 Å². The lowest BCUT2D eigenvalue weighted by atomic mass is 10.3. The topological polar surface area (TPSA) is 29.5 Å². The van der Waals surface area contributed by atoms with Crippen LogP contribution >= 0.6 is 27.3 Å². The Morgan fingerprint density at radius 3 is 2.90 bits per heavy atom. The second-order valence-electron chi connectivity index (χ2n) is 4.19. The van der Waals surface area contributed by atoms with Crippen LogP contribution in [0.15, 0.2) is 40.2 Å². The molecule has 2 rings (SSSR count). The van der Waals surface area contributed by atoms with E-state index in [1.807, 2.05) is 17.5 Å². The van der Waals surface area contributed by atoms with E-state index in [0.717, 1.165) is 4.88 Å². The standard InChI is InChI=1S/C14H13BrFNO2S/c1-17(8-11-3-2-6-20-11)14(18)9-19-13-5-4-10(16)7-12(13)15/h2-7H,8-9H2,1H3. The summed E-state index contributed by atoms with van der Waals surface area (Å²) in [6.45, 7) is 0.483. The predicted molar refractivity (Wildman–Crippen MR) is 80.4 cm³/mol. The Balaban J connectivity index is 1.88. The third-order valence-electron chi connectivity index (χ3n) is 2.64. The number of hydrogen-bond donors (Lipinski definition) is 0. The quantitative estimate of drug-likeness (QED) is 0.816. The van der Waals surface area contributed by atoms with Gasteiger partial charge in [-0.1, -0.05) is 6.07 Å². The Bertz CT molecular complexity index is 589. The maximum atomic E-state index is 12.9. The van der Waals surface area contributed by atoms with Gasteiger partial charge in [0.1, 0.15) is 11.6 Å². The smallest absolute Gasteiger partial charge is 0.260 e. The number of halogens is 2. The van der Waals surface area contributed by atoms with E-state index in [9.17, 15) is 9.18 Å². The number of hydrogen-bond acceptors (Lipinski definition) is 3. The van der Waals surface area contributed by atoms with Crippen molar-refractivity contribution in [3.8, 4) is 5.75 Å². The van der Waals surface area contributed by atoms with E-state index in [1.165, 1.54) is 18.2 Å². The normalized spacial score (nSPS) is 10.3. The molecule has 2 aromatic rings. The number of ether oxygens (including phenoxy) is 1. The molecule has 106 valence electrons. The summed E-state index contributed by atoms with van der Waals surface area (Å²) in [6.07, 6.45) is 0. The van der Waals surface area contributed by atoms with E-state index in [1.54, 1.807) is 23.3 Å². The number of likely N-dealkylation sites (N-methyl/N-ethyl adjacent to an activating group) is 1. The zero-order valence-corrected chi connectivity index (χ0v) is 13.2. The second-order valence-corrected chi connectivity index (χ2v) is 6.08. The molecule has 1 aromatic carbocycles. The number of carbonyl (C=O) groups excluding carboxylic acids is 1.